The molecule has 3 rings (SSSR count). The molecule has 0 aromatic heterocycles. The van der Waals surface area contributed by atoms with Gasteiger partial charge in [0, 0.05) is 31.8 Å². The second-order valence-corrected chi connectivity index (χ2v) is 7.05. The molecule has 1 aliphatic carbocycles. The largest absolute Gasteiger partial charge is 0.381 e. The van der Waals surface area contributed by atoms with E-state index in [4.69, 9.17) is 9.73 Å². The molecular weight excluding hydrogens is 276 g/mol. The van der Waals surface area contributed by atoms with Crippen LogP contribution in [0, 0.1) is 5.92 Å². The standard InChI is InChI=1S/C17H32N4O/c1-2-18-16(19-13-15-5-6-15)20-14-17(7-11-22-12-8-17)21-9-3-4-10-21/h15H,2-14H2,1H3,(H2,18,19,20). The van der Waals surface area contributed by atoms with Gasteiger partial charge in [0.2, 0.25) is 0 Å². The Kier molecular flexibility index (Phi) is 5.58. The Balaban J connectivity index is 1.62. The van der Waals surface area contributed by atoms with Crippen molar-refractivity contribution in [2.24, 2.45) is 10.9 Å². The predicted molar refractivity (Wildman–Crippen MR) is 90.3 cm³/mol. The molecule has 2 aliphatic heterocycles. The van der Waals surface area contributed by atoms with Crippen LogP contribution >= 0.6 is 0 Å². The maximum Gasteiger partial charge on any atom is 0.191 e. The first-order valence-electron chi connectivity index (χ1n) is 9.17. The van der Waals surface area contributed by atoms with Gasteiger partial charge < -0.3 is 15.4 Å². The molecule has 2 heterocycles. The van der Waals surface area contributed by atoms with Gasteiger partial charge in [0.1, 0.15) is 0 Å². The average Bonchev–Trinajstić information content (AvgIpc) is 3.21. The van der Waals surface area contributed by atoms with Gasteiger partial charge >= 0.3 is 0 Å². The molecule has 0 aromatic rings. The molecule has 22 heavy (non-hydrogen) atoms. The second kappa shape index (κ2) is 7.64. The van der Waals surface area contributed by atoms with Crippen molar-refractivity contribution in [3.8, 4) is 0 Å². The Morgan fingerprint density at radius 2 is 1.91 bits per heavy atom. The maximum atomic E-state index is 5.62. The highest BCUT2D eigenvalue weighted by Gasteiger charge is 2.39. The summed E-state index contributed by atoms with van der Waals surface area (Å²) >= 11 is 0. The van der Waals surface area contributed by atoms with Crippen LogP contribution in [-0.4, -0.2) is 62.3 Å². The highest BCUT2D eigenvalue weighted by molar-refractivity contribution is 5.79. The number of nitrogens with zero attached hydrogens (tertiary/aromatic N) is 2. The second-order valence-electron chi connectivity index (χ2n) is 7.05. The zero-order chi connectivity index (χ0) is 15.3. The van der Waals surface area contributed by atoms with Gasteiger partial charge in [0.25, 0.3) is 0 Å². The number of hydrogen-bond donors (Lipinski definition) is 2. The van der Waals surface area contributed by atoms with E-state index in [0.717, 1.165) is 57.6 Å². The highest BCUT2D eigenvalue weighted by Crippen LogP contribution is 2.31. The van der Waals surface area contributed by atoms with Gasteiger partial charge in [-0.3, -0.25) is 9.89 Å². The third-order valence-corrected chi connectivity index (χ3v) is 5.33. The van der Waals surface area contributed by atoms with Gasteiger partial charge in [-0.2, -0.15) is 0 Å². The zero-order valence-electron chi connectivity index (χ0n) is 14.1. The molecule has 0 amide bonds. The first kappa shape index (κ1) is 16.1. The smallest absolute Gasteiger partial charge is 0.191 e. The quantitative estimate of drug-likeness (QED) is 0.578. The van der Waals surface area contributed by atoms with Crippen LogP contribution in [0.15, 0.2) is 4.99 Å². The minimum Gasteiger partial charge on any atom is -0.381 e. The van der Waals surface area contributed by atoms with Gasteiger partial charge in [0.15, 0.2) is 5.96 Å². The van der Waals surface area contributed by atoms with Gasteiger partial charge in [-0.05, 0) is 64.5 Å². The van der Waals surface area contributed by atoms with Gasteiger partial charge in [0.05, 0.1) is 6.54 Å². The Morgan fingerprint density at radius 3 is 2.55 bits per heavy atom. The molecule has 3 aliphatic rings. The minimum absolute atomic E-state index is 0.233. The molecule has 0 aromatic carbocycles. The van der Waals surface area contributed by atoms with Crippen molar-refractivity contribution >= 4 is 5.96 Å². The molecule has 0 unspecified atom stereocenters. The molecule has 0 bridgehead atoms. The summed E-state index contributed by atoms with van der Waals surface area (Å²) in [6, 6.07) is 0. The van der Waals surface area contributed by atoms with Crippen molar-refractivity contribution in [2.45, 2.75) is 51.0 Å². The first-order valence-corrected chi connectivity index (χ1v) is 9.17. The Morgan fingerprint density at radius 1 is 1.18 bits per heavy atom. The van der Waals surface area contributed by atoms with Crippen LogP contribution < -0.4 is 10.6 Å². The lowest BCUT2D eigenvalue weighted by molar-refractivity contribution is -0.0139. The molecule has 3 fully saturated rings. The third kappa shape index (κ3) is 4.13. The fourth-order valence-corrected chi connectivity index (χ4v) is 3.65. The van der Waals surface area contributed by atoms with E-state index in [9.17, 15) is 0 Å². The van der Waals surface area contributed by atoms with E-state index in [0.29, 0.717) is 0 Å². The van der Waals surface area contributed by atoms with Crippen LogP contribution in [0.4, 0.5) is 0 Å². The van der Waals surface area contributed by atoms with E-state index < -0.39 is 0 Å². The number of likely N-dealkylation sites (tertiary alicyclic amines) is 1. The van der Waals surface area contributed by atoms with E-state index in [1.807, 2.05) is 0 Å². The third-order valence-electron chi connectivity index (χ3n) is 5.33. The summed E-state index contributed by atoms with van der Waals surface area (Å²) in [5.41, 5.74) is 0.233. The van der Waals surface area contributed by atoms with Crippen LogP contribution in [0.3, 0.4) is 0 Å². The van der Waals surface area contributed by atoms with Gasteiger partial charge in [-0.25, -0.2) is 0 Å². The van der Waals surface area contributed by atoms with Crippen LogP contribution in [0.5, 0.6) is 0 Å². The first-order chi connectivity index (χ1) is 10.8. The van der Waals surface area contributed by atoms with Crippen LogP contribution in [-0.2, 0) is 4.74 Å². The Bertz CT molecular complexity index is 369. The predicted octanol–water partition coefficient (Wildman–Crippen LogP) is 1.60. The molecule has 0 spiro atoms. The van der Waals surface area contributed by atoms with E-state index in [2.05, 4.69) is 22.5 Å². The molecule has 5 heteroatoms. The Labute approximate surface area is 134 Å². The molecule has 2 saturated heterocycles. The van der Waals surface area contributed by atoms with E-state index in [1.165, 1.54) is 38.8 Å². The van der Waals surface area contributed by atoms with E-state index in [1.54, 1.807) is 0 Å². The number of rotatable bonds is 6. The van der Waals surface area contributed by atoms with Crippen molar-refractivity contribution in [3.63, 3.8) is 0 Å². The number of ether oxygens (including phenoxy) is 1. The highest BCUT2D eigenvalue weighted by atomic mass is 16.5. The van der Waals surface area contributed by atoms with Crippen molar-refractivity contribution in [1.29, 1.82) is 0 Å². The number of hydrogen-bond acceptors (Lipinski definition) is 3. The summed E-state index contributed by atoms with van der Waals surface area (Å²) in [7, 11) is 0. The number of aliphatic imine (C=N–C) groups is 1. The average molecular weight is 308 g/mol. The lowest BCUT2D eigenvalue weighted by atomic mass is 9.88. The fourth-order valence-electron chi connectivity index (χ4n) is 3.65. The minimum atomic E-state index is 0.233. The zero-order valence-corrected chi connectivity index (χ0v) is 14.1. The van der Waals surface area contributed by atoms with Crippen molar-refractivity contribution < 1.29 is 4.74 Å². The normalized spacial score (nSPS) is 26.1. The number of nitrogens with one attached hydrogen (secondary N) is 2. The van der Waals surface area contributed by atoms with Crippen LogP contribution in [0.1, 0.15) is 45.4 Å². The summed E-state index contributed by atoms with van der Waals surface area (Å²) in [6.07, 6.45) is 7.68. The summed E-state index contributed by atoms with van der Waals surface area (Å²) in [4.78, 5) is 7.63. The number of guanidine groups is 1. The molecule has 126 valence electrons. The topological polar surface area (TPSA) is 48.9 Å². The molecule has 0 atom stereocenters. The van der Waals surface area contributed by atoms with Gasteiger partial charge in [-0.15, -0.1) is 0 Å². The fraction of sp³-hybridized carbons (Fsp3) is 0.941. The molecular formula is C17H32N4O. The molecule has 5 nitrogen and oxygen atoms in total. The summed E-state index contributed by atoms with van der Waals surface area (Å²) in [5.74, 6) is 1.87. The van der Waals surface area contributed by atoms with Crippen LogP contribution in [0.25, 0.3) is 0 Å². The maximum absolute atomic E-state index is 5.62. The summed E-state index contributed by atoms with van der Waals surface area (Å²) < 4.78 is 5.62. The molecule has 0 radical (unpaired) electrons. The summed E-state index contributed by atoms with van der Waals surface area (Å²) in [6.45, 7) is 9.29. The monoisotopic (exact) mass is 308 g/mol. The Hall–Kier alpha value is -0.810. The lowest BCUT2D eigenvalue weighted by Gasteiger charge is -2.43. The van der Waals surface area contributed by atoms with E-state index >= 15 is 0 Å². The van der Waals surface area contributed by atoms with E-state index in [-0.39, 0.29) is 5.54 Å². The molecule has 1 saturated carbocycles. The van der Waals surface area contributed by atoms with Crippen LogP contribution in [0.2, 0.25) is 0 Å². The summed E-state index contributed by atoms with van der Waals surface area (Å²) in [5, 5.41) is 6.92. The van der Waals surface area contributed by atoms with Gasteiger partial charge in [-0.1, -0.05) is 0 Å². The van der Waals surface area contributed by atoms with Crippen molar-refractivity contribution in [1.82, 2.24) is 15.5 Å². The lowest BCUT2D eigenvalue weighted by Crippen LogP contribution is -2.54. The molecule has 2 N–H and O–H groups in total. The van der Waals surface area contributed by atoms with Crippen molar-refractivity contribution in [3.05, 3.63) is 0 Å². The SMILES string of the molecule is CCNC(=NCC1(N2CCCC2)CCOCC1)NCC1CC1. The van der Waals surface area contributed by atoms with Crippen molar-refractivity contribution in [2.75, 3.05) is 45.9 Å².